The Morgan fingerprint density at radius 2 is 2.00 bits per heavy atom. The first kappa shape index (κ1) is 8.15. The van der Waals surface area contributed by atoms with Crippen molar-refractivity contribution in [2.24, 2.45) is 4.99 Å². The van der Waals surface area contributed by atoms with E-state index in [4.69, 9.17) is 0 Å². The highest BCUT2D eigenvalue weighted by Gasteiger charge is 1.73. The third kappa shape index (κ3) is 5.01. The molecular formula is C8H13N. The fourth-order valence-electron chi connectivity index (χ4n) is 0.380. The van der Waals surface area contributed by atoms with Crippen molar-refractivity contribution in [3.63, 3.8) is 0 Å². The summed E-state index contributed by atoms with van der Waals surface area (Å²) in [5.74, 6) is 0. The van der Waals surface area contributed by atoms with E-state index in [1.54, 1.807) is 7.05 Å². The maximum absolute atomic E-state index is 3.96. The van der Waals surface area contributed by atoms with Crippen LogP contribution in [0.15, 0.2) is 29.3 Å². The average Bonchev–Trinajstić information content (AvgIpc) is 1.89. The summed E-state index contributed by atoms with van der Waals surface area (Å²) >= 11 is 0. The molecule has 0 radical (unpaired) electrons. The van der Waals surface area contributed by atoms with E-state index >= 15 is 0 Å². The van der Waals surface area contributed by atoms with Gasteiger partial charge in [0.05, 0.1) is 0 Å². The number of aliphatic imine (C=N–C) groups is 1. The van der Waals surface area contributed by atoms with Gasteiger partial charge in [-0.25, -0.2) is 0 Å². The van der Waals surface area contributed by atoms with E-state index in [9.17, 15) is 0 Å². The van der Waals surface area contributed by atoms with Gasteiger partial charge in [-0.1, -0.05) is 18.2 Å². The van der Waals surface area contributed by atoms with Crippen LogP contribution in [0.2, 0.25) is 0 Å². The van der Waals surface area contributed by atoms with E-state index in [1.807, 2.05) is 38.2 Å². The van der Waals surface area contributed by atoms with Crippen LogP contribution in [0.4, 0.5) is 0 Å². The van der Waals surface area contributed by atoms with Gasteiger partial charge in [0.15, 0.2) is 0 Å². The lowest BCUT2D eigenvalue weighted by atomic mass is 10.3. The number of hydrogen-bond donors (Lipinski definition) is 0. The molecule has 0 aliphatic heterocycles. The molecule has 0 atom stereocenters. The molecule has 0 aliphatic rings. The predicted molar refractivity (Wildman–Crippen MR) is 43.0 cm³/mol. The summed E-state index contributed by atoms with van der Waals surface area (Å²) in [5, 5.41) is 0. The summed E-state index contributed by atoms with van der Waals surface area (Å²) in [6, 6.07) is 0. The number of hydrogen-bond acceptors (Lipinski definition) is 1. The van der Waals surface area contributed by atoms with E-state index in [0.29, 0.717) is 0 Å². The largest absolute Gasteiger partial charge is 0.293 e. The lowest BCUT2D eigenvalue weighted by Crippen LogP contribution is -1.80. The molecule has 0 fully saturated rings. The van der Waals surface area contributed by atoms with Gasteiger partial charge in [-0.2, -0.15) is 0 Å². The summed E-state index contributed by atoms with van der Waals surface area (Å²) in [5.41, 5.74) is 1.05. The molecule has 9 heavy (non-hydrogen) atoms. The normalized spacial score (nSPS) is 13.9. The lowest BCUT2D eigenvalue weighted by molar-refractivity contribution is 1.43. The van der Waals surface area contributed by atoms with Crippen molar-refractivity contribution < 1.29 is 0 Å². The summed E-state index contributed by atoms with van der Waals surface area (Å²) in [6.45, 7) is 3.96. The Labute approximate surface area is 56.8 Å². The van der Waals surface area contributed by atoms with Gasteiger partial charge in [-0.05, 0) is 19.9 Å². The second-order valence-corrected chi connectivity index (χ2v) is 1.75. The van der Waals surface area contributed by atoms with Crippen molar-refractivity contribution in [2.45, 2.75) is 13.8 Å². The molecule has 0 spiro atoms. The molecule has 1 heteroatoms. The minimum atomic E-state index is 1.05. The zero-order valence-electron chi connectivity index (χ0n) is 6.26. The van der Waals surface area contributed by atoms with Crippen molar-refractivity contribution >= 4 is 5.71 Å². The number of rotatable bonds is 2. The second kappa shape index (κ2) is 5.29. The molecule has 50 valence electrons. The van der Waals surface area contributed by atoms with E-state index in [2.05, 4.69) is 4.99 Å². The van der Waals surface area contributed by atoms with Crippen LogP contribution >= 0.6 is 0 Å². The van der Waals surface area contributed by atoms with Gasteiger partial charge in [-0.15, -0.1) is 0 Å². The fourth-order valence-corrected chi connectivity index (χ4v) is 0.380. The Hall–Kier alpha value is -0.850. The molecular weight excluding hydrogens is 110 g/mol. The van der Waals surface area contributed by atoms with E-state index < -0.39 is 0 Å². The molecule has 0 aliphatic carbocycles. The van der Waals surface area contributed by atoms with Crippen LogP contribution < -0.4 is 0 Å². The molecule has 0 saturated heterocycles. The Kier molecular flexibility index (Phi) is 4.79. The molecule has 0 amide bonds. The van der Waals surface area contributed by atoms with Gasteiger partial charge < -0.3 is 0 Å². The van der Waals surface area contributed by atoms with Crippen LogP contribution in [0.25, 0.3) is 0 Å². The van der Waals surface area contributed by atoms with Crippen LogP contribution in [-0.2, 0) is 0 Å². The maximum Gasteiger partial charge on any atom is 0.0313 e. The topological polar surface area (TPSA) is 12.4 Å². The van der Waals surface area contributed by atoms with E-state index in [1.165, 1.54) is 0 Å². The highest BCUT2D eigenvalue weighted by molar-refractivity contribution is 5.92. The third-order valence-electron chi connectivity index (χ3n) is 0.994. The minimum Gasteiger partial charge on any atom is -0.293 e. The van der Waals surface area contributed by atoms with Crippen molar-refractivity contribution in [3.05, 3.63) is 24.3 Å². The Morgan fingerprint density at radius 3 is 2.44 bits per heavy atom. The van der Waals surface area contributed by atoms with Crippen LogP contribution in [0, 0.1) is 0 Å². The van der Waals surface area contributed by atoms with Crippen LogP contribution in [0.1, 0.15) is 13.8 Å². The maximum atomic E-state index is 3.96. The van der Waals surface area contributed by atoms with Gasteiger partial charge in [0.2, 0.25) is 0 Å². The number of nitrogens with zero attached hydrogens (tertiary/aromatic N) is 1. The molecule has 0 bridgehead atoms. The first-order valence-corrected chi connectivity index (χ1v) is 3.04. The first-order chi connectivity index (χ1) is 4.31. The number of allylic oxidation sites excluding steroid dienone is 4. The van der Waals surface area contributed by atoms with Crippen LogP contribution in [-0.4, -0.2) is 12.8 Å². The summed E-state index contributed by atoms with van der Waals surface area (Å²) in [7, 11) is 1.79. The zero-order valence-corrected chi connectivity index (χ0v) is 6.26. The van der Waals surface area contributed by atoms with Gasteiger partial charge in [0.25, 0.3) is 0 Å². The Balaban J connectivity index is 3.71. The molecule has 1 nitrogen and oxygen atoms in total. The van der Waals surface area contributed by atoms with E-state index in [-0.39, 0.29) is 0 Å². The average molecular weight is 123 g/mol. The Morgan fingerprint density at radius 1 is 1.33 bits per heavy atom. The lowest BCUT2D eigenvalue weighted by Gasteiger charge is -1.82. The Bertz CT molecular complexity index is 141. The van der Waals surface area contributed by atoms with Crippen LogP contribution in [0.5, 0.6) is 0 Å². The SMILES string of the molecule is C/C=C/C=C\C(C)=NC. The summed E-state index contributed by atoms with van der Waals surface area (Å²) < 4.78 is 0. The second-order valence-electron chi connectivity index (χ2n) is 1.75. The molecule has 0 aromatic heterocycles. The minimum absolute atomic E-state index is 1.05. The highest BCUT2D eigenvalue weighted by Crippen LogP contribution is 1.80. The third-order valence-corrected chi connectivity index (χ3v) is 0.994. The monoisotopic (exact) mass is 123 g/mol. The summed E-state index contributed by atoms with van der Waals surface area (Å²) in [6.07, 6.45) is 7.91. The van der Waals surface area contributed by atoms with Crippen LogP contribution in [0.3, 0.4) is 0 Å². The van der Waals surface area contributed by atoms with Crippen molar-refractivity contribution in [1.82, 2.24) is 0 Å². The molecule has 0 saturated carbocycles. The molecule has 0 aromatic carbocycles. The molecule has 0 rings (SSSR count). The van der Waals surface area contributed by atoms with Crippen molar-refractivity contribution in [3.8, 4) is 0 Å². The molecule has 0 aromatic rings. The summed E-state index contributed by atoms with van der Waals surface area (Å²) in [4.78, 5) is 3.96. The molecule has 0 N–H and O–H groups in total. The quantitative estimate of drug-likeness (QED) is 0.394. The van der Waals surface area contributed by atoms with E-state index in [0.717, 1.165) is 5.71 Å². The van der Waals surface area contributed by atoms with Gasteiger partial charge in [-0.3, -0.25) is 4.99 Å². The zero-order chi connectivity index (χ0) is 7.11. The molecule has 0 heterocycles. The molecule has 0 unspecified atom stereocenters. The predicted octanol–water partition coefficient (Wildman–Crippen LogP) is 2.21. The van der Waals surface area contributed by atoms with Gasteiger partial charge >= 0.3 is 0 Å². The fraction of sp³-hybridized carbons (Fsp3) is 0.375. The van der Waals surface area contributed by atoms with Gasteiger partial charge in [0, 0.05) is 12.8 Å². The van der Waals surface area contributed by atoms with Gasteiger partial charge in [0.1, 0.15) is 0 Å². The highest BCUT2D eigenvalue weighted by atomic mass is 14.7. The first-order valence-electron chi connectivity index (χ1n) is 3.04. The standard InChI is InChI=1S/C8H13N/c1-4-5-6-7-8(2)9-3/h4-7H,1-3H3/b5-4+,7-6-,9-8?. The van der Waals surface area contributed by atoms with Crippen molar-refractivity contribution in [2.75, 3.05) is 7.05 Å². The smallest absolute Gasteiger partial charge is 0.0313 e. The van der Waals surface area contributed by atoms with Crippen molar-refractivity contribution in [1.29, 1.82) is 0 Å².